The van der Waals surface area contributed by atoms with E-state index in [0.717, 1.165) is 10.4 Å². The van der Waals surface area contributed by atoms with E-state index in [9.17, 15) is 4.79 Å². The number of ether oxygens (including phenoxy) is 1. The predicted molar refractivity (Wildman–Crippen MR) is 78.2 cm³/mol. The van der Waals surface area contributed by atoms with E-state index in [-0.39, 0.29) is 12.4 Å². The molecule has 0 unspecified atom stereocenters. The van der Waals surface area contributed by atoms with Crippen LogP contribution in [0.25, 0.3) is 12.2 Å². The number of esters is 1. The van der Waals surface area contributed by atoms with Gasteiger partial charge >= 0.3 is 5.97 Å². The van der Waals surface area contributed by atoms with Gasteiger partial charge in [0, 0.05) is 4.88 Å². The van der Waals surface area contributed by atoms with Crippen molar-refractivity contribution in [3.63, 3.8) is 0 Å². The van der Waals surface area contributed by atoms with E-state index in [4.69, 9.17) is 11.6 Å². The second-order valence-corrected chi connectivity index (χ2v) is 5.44. The highest BCUT2D eigenvalue weighted by Gasteiger charge is 2.12. The standard InChI is InChI=1S/C14H12ClNO2S/c1-18-13(17)9-12-11(16-14(15)19-12)8-7-10-5-3-2-4-6-10/h2-8H,9H2,1H3/b8-7+. The predicted octanol–water partition coefficient (Wildman–Crippen LogP) is 3.68. The highest BCUT2D eigenvalue weighted by Crippen LogP contribution is 2.25. The van der Waals surface area contributed by atoms with Crippen molar-refractivity contribution in [2.45, 2.75) is 6.42 Å². The number of methoxy groups -OCH3 is 1. The van der Waals surface area contributed by atoms with Crippen LogP contribution in [0.5, 0.6) is 0 Å². The number of halogens is 1. The summed E-state index contributed by atoms with van der Waals surface area (Å²) in [6.07, 6.45) is 3.98. The second kappa shape index (κ2) is 6.50. The Morgan fingerprint density at radius 1 is 1.37 bits per heavy atom. The van der Waals surface area contributed by atoms with E-state index in [1.54, 1.807) is 0 Å². The molecule has 0 saturated carbocycles. The van der Waals surface area contributed by atoms with Gasteiger partial charge in [-0.15, -0.1) is 11.3 Å². The van der Waals surface area contributed by atoms with Gasteiger partial charge in [-0.1, -0.05) is 48.0 Å². The second-order valence-electron chi connectivity index (χ2n) is 3.77. The lowest BCUT2D eigenvalue weighted by atomic mass is 10.2. The van der Waals surface area contributed by atoms with E-state index < -0.39 is 0 Å². The Kier molecular flexibility index (Phi) is 4.71. The van der Waals surface area contributed by atoms with Crippen LogP contribution in [0.2, 0.25) is 4.47 Å². The van der Waals surface area contributed by atoms with Crippen LogP contribution in [-0.2, 0) is 16.0 Å². The average Bonchev–Trinajstić information content (AvgIpc) is 2.77. The van der Waals surface area contributed by atoms with Crippen LogP contribution in [0.15, 0.2) is 30.3 Å². The third kappa shape index (κ3) is 3.91. The molecule has 0 amide bonds. The fourth-order valence-corrected chi connectivity index (χ4v) is 2.66. The van der Waals surface area contributed by atoms with E-state index in [1.165, 1.54) is 18.4 Å². The molecule has 5 heteroatoms. The molecule has 3 nitrogen and oxygen atoms in total. The summed E-state index contributed by atoms with van der Waals surface area (Å²) in [6, 6.07) is 9.86. The highest BCUT2D eigenvalue weighted by atomic mass is 35.5. The zero-order valence-electron chi connectivity index (χ0n) is 10.3. The Hall–Kier alpha value is -1.65. The van der Waals surface area contributed by atoms with Crippen molar-refractivity contribution in [3.05, 3.63) is 50.9 Å². The van der Waals surface area contributed by atoms with Crippen molar-refractivity contribution < 1.29 is 9.53 Å². The van der Waals surface area contributed by atoms with Gasteiger partial charge in [0.05, 0.1) is 19.2 Å². The number of hydrogen-bond acceptors (Lipinski definition) is 4. The van der Waals surface area contributed by atoms with Gasteiger partial charge in [0.15, 0.2) is 4.47 Å². The monoisotopic (exact) mass is 293 g/mol. The first kappa shape index (κ1) is 13.8. The molecule has 1 heterocycles. The molecular weight excluding hydrogens is 282 g/mol. The number of benzene rings is 1. The molecule has 0 aliphatic heterocycles. The fourth-order valence-electron chi connectivity index (χ4n) is 1.53. The molecule has 0 radical (unpaired) electrons. The van der Waals surface area contributed by atoms with Crippen molar-refractivity contribution in [3.8, 4) is 0 Å². The zero-order valence-corrected chi connectivity index (χ0v) is 11.9. The van der Waals surface area contributed by atoms with Gasteiger partial charge in [0.1, 0.15) is 0 Å². The molecule has 1 aromatic heterocycles. The number of carbonyl (C=O) groups is 1. The first-order valence-corrected chi connectivity index (χ1v) is 6.83. The minimum absolute atomic E-state index is 0.190. The minimum Gasteiger partial charge on any atom is -0.469 e. The quantitative estimate of drug-likeness (QED) is 0.807. The molecule has 0 fully saturated rings. The number of rotatable bonds is 4. The SMILES string of the molecule is COC(=O)Cc1sc(Cl)nc1/C=C/c1ccccc1. The van der Waals surface area contributed by atoms with Crippen LogP contribution in [0, 0.1) is 0 Å². The van der Waals surface area contributed by atoms with Gasteiger partial charge in [-0.05, 0) is 11.6 Å². The Balaban J connectivity index is 2.20. The van der Waals surface area contributed by atoms with Crippen LogP contribution < -0.4 is 0 Å². The highest BCUT2D eigenvalue weighted by molar-refractivity contribution is 7.16. The van der Waals surface area contributed by atoms with Gasteiger partial charge in [0.25, 0.3) is 0 Å². The summed E-state index contributed by atoms with van der Waals surface area (Å²) in [4.78, 5) is 16.3. The van der Waals surface area contributed by atoms with Crippen LogP contribution in [0.1, 0.15) is 16.1 Å². The Labute approximate surface area is 120 Å². The number of carbonyl (C=O) groups excluding carboxylic acids is 1. The molecular formula is C14H12ClNO2S. The molecule has 0 atom stereocenters. The van der Waals surface area contributed by atoms with E-state index in [2.05, 4.69) is 9.72 Å². The lowest BCUT2D eigenvalue weighted by molar-refractivity contribution is -0.139. The van der Waals surface area contributed by atoms with E-state index in [1.807, 2.05) is 42.5 Å². The normalized spacial score (nSPS) is 10.8. The molecule has 0 spiro atoms. The van der Waals surface area contributed by atoms with E-state index in [0.29, 0.717) is 10.2 Å². The van der Waals surface area contributed by atoms with Gasteiger partial charge < -0.3 is 4.74 Å². The van der Waals surface area contributed by atoms with Gasteiger partial charge in [-0.2, -0.15) is 0 Å². The maximum Gasteiger partial charge on any atom is 0.310 e. The number of nitrogens with zero attached hydrogens (tertiary/aromatic N) is 1. The van der Waals surface area contributed by atoms with Crippen LogP contribution in [0.4, 0.5) is 0 Å². The molecule has 98 valence electrons. The fraction of sp³-hybridized carbons (Fsp3) is 0.143. The van der Waals surface area contributed by atoms with Crippen LogP contribution >= 0.6 is 22.9 Å². The molecule has 1 aromatic carbocycles. The summed E-state index contributed by atoms with van der Waals surface area (Å²) in [5.41, 5.74) is 1.78. The Morgan fingerprint density at radius 2 is 2.11 bits per heavy atom. The van der Waals surface area contributed by atoms with Crippen molar-refractivity contribution in [2.75, 3.05) is 7.11 Å². The zero-order chi connectivity index (χ0) is 13.7. The largest absolute Gasteiger partial charge is 0.469 e. The van der Waals surface area contributed by atoms with Gasteiger partial charge in [0.2, 0.25) is 0 Å². The topological polar surface area (TPSA) is 39.2 Å². The van der Waals surface area contributed by atoms with Crippen molar-refractivity contribution >= 4 is 41.1 Å². The van der Waals surface area contributed by atoms with Crippen LogP contribution in [-0.4, -0.2) is 18.1 Å². The summed E-state index contributed by atoms with van der Waals surface area (Å²) >= 11 is 7.19. The molecule has 2 aromatic rings. The number of aromatic nitrogens is 1. The number of hydrogen-bond donors (Lipinski definition) is 0. The molecule has 0 saturated heterocycles. The Morgan fingerprint density at radius 3 is 2.79 bits per heavy atom. The lowest BCUT2D eigenvalue weighted by Gasteiger charge is -1.97. The maximum absolute atomic E-state index is 11.3. The first-order valence-electron chi connectivity index (χ1n) is 5.64. The van der Waals surface area contributed by atoms with Crippen molar-refractivity contribution in [1.29, 1.82) is 0 Å². The summed E-state index contributed by atoms with van der Waals surface area (Å²) in [5, 5.41) is 0. The summed E-state index contributed by atoms with van der Waals surface area (Å²) in [5.74, 6) is -0.297. The summed E-state index contributed by atoms with van der Waals surface area (Å²) < 4.78 is 5.08. The van der Waals surface area contributed by atoms with Gasteiger partial charge in [-0.3, -0.25) is 4.79 Å². The number of thiazole rings is 1. The lowest BCUT2D eigenvalue weighted by Crippen LogP contribution is -2.03. The van der Waals surface area contributed by atoms with E-state index >= 15 is 0 Å². The molecule has 2 rings (SSSR count). The summed E-state index contributed by atoms with van der Waals surface area (Å²) in [7, 11) is 1.37. The van der Waals surface area contributed by atoms with Gasteiger partial charge in [-0.25, -0.2) is 4.98 Å². The summed E-state index contributed by atoms with van der Waals surface area (Å²) in [6.45, 7) is 0. The smallest absolute Gasteiger partial charge is 0.310 e. The van der Waals surface area contributed by atoms with Crippen molar-refractivity contribution in [1.82, 2.24) is 4.98 Å². The minimum atomic E-state index is -0.297. The Bertz CT molecular complexity index is 593. The first-order chi connectivity index (χ1) is 9.19. The van der Waals surface area contributed by atoms with Crippen molar-refractivity contribution in [2.24, 2.45) is 0 Å². The molecule has 0 N–H and O–H groups in total. The van der Waals surface area contributed by atoms with Crippen LogP contribution in [0.3, 0.4) is 0 Å². The molecule has 0 bridgehead atoms. The molecule has 0 aliphatic rings. The third-order valence-electron chi connectivity index (χ3n) is 2.47. The third-order valence-corrected chi connectivity index (χ3v) is 3.64. The molecule has 19 heavy (non-hydrogen) atoms. The molecule has 0 aliphatic carbocycles. The maximum atomic E-state index is 11.3. The average molecular weight is 294 g/mol.